The molecule has 0 bridgehead atoms. The maximum atomic E-state index is 10.5. The van der Waals surface area contributed by atoms with Crippen molar-refractivity contribution in [3.05, 3.63) is 29.8 Å². The predicted octanol–water partition coefficient (Wildman–Crippen LogP) is 1.37. The van der Waals surface area contributed by atoms with Crippen LogP contribution >= 0.6 is 0 Å². The van der Waals surface area contributed by atoms with Gasteiger partial charge in [0.25, 0.3) is 0 Å². The molecule has 0 aromatic heterocycles. The summed E-state index contributed by atoms with van der Waals surface area (Å²) < 4.78 is 9.74. The summed E-state index contributed by atoms with van der Waals surface area (Å²) in [6.07, 6.45) is 0. The molecule has 0 saturated heterocycles. The number of aromatic carboxylic acids is 1. The van der Waals surface area contributed by atoms with Gasteiger partial charge in [-0.3, -0.25) is 0 Å². The Bertz CT molecular complexity index is 295. The lowest BCUT2D eigenvalue weighted by atomic mass is 10.2. The van der Waals surface area contributed by atoms with Crippen molar-refractivity contribution in [3.8, 4) is 5.75 Å². The lowest BCUT2D eigenvalue weighted by Gasteiger charge is -2.04. The van der Waals surface area contributed by atoms with E-state index in [1.807, 2.05) is 0 Å². The van der Waals surface area contributed by atoms with E-state index in [9.17, 15) is 4.79 Å². The first kappa shape index (κ1) is 9.54. The van der Waals surface area contributed by atoms with E-state index < -0.39 is 5.97 Å². The lowest BCUT2D eigenvalue weighted by Crippen LogP contribution is -2.01. The standard InChI is InChI=1S/C9H10O4/c1-12-6-13-8-4-2-3-7(5-8)9(10)11/h2-5H,6H2,1H3,(H,10,11). The fraction of sp³-hybridized carbons (Fsp3) is 0.222. The topological polar surface area (TPSA) is 55.8 Å². The van der Waals surface area contributed by atoms with Gasteiger partial charge in [-0.15, -0.1) is 0 Å². The van der Waals surface area contributed by atoms with Crippen LogP contribution in [-0.2, 0) is 4.74 Å². The summed E-state index contributed by atoms with van der Waals surface area (Å²) in [4.78, 5) is 10.5. The van der Waals surface area contributed by atoms with Crippen LogP contribution in [0.3, 0.4) is 0 Å². The summed E-state index contributed by atoms with van der Waals surface area (Å²) in [6.45, 7) is 0.114. The second-order valence-electron chi connectivity index (χ2n) is 2.38. The molecule has 13 heavy (non-hydrogen) atoms. The number of carboxylic acid groups (broad SMARTS) is 1. The molecule has 0 unspecified atom stereocenters. The smallest absolute Gasteiger partial charge is 0.335 e. The van der Waals surface area contributed by atoms with E-state index in [0.717, 1.165) is 0 Å². The van der Waals surface area contributed by atoms with Crippen LogP contribution in [0.1, 0.15) is 10.4 Å². The highest BCUT2D eigenvalue weighted by Gasteiger charge is 2.02. The van der Waals surface area contributed by atoms with Gasteiger partial charge in [0.2, 0.25) is 0 Å². The molecule has 0 aliphatic heterocycles. The number of hydrogen-bond acceptors (Lipinski definition) is 3. The van der Waals surface area contributed by atoms with E-state index in [1.165, 1.54) is 19.2 Å². The lowest BCUT2D eigenvalue weighted by molar-refractivity contribution is 0.0507. The molecule has 1 rings (SSSR count). The fourth-order valence-corrected chi connectivity index (χ4v) is 0.846. The Morgan fingerprint density at radius 1 is 1.54 bits per heavy atom. The molecule has 0 saturated carbocycles. The van der Waals surface area contributed by atoms with Crippen molar-refractivity contribution >= 4 is 5.97 Å². The van der Waals surface area contributed by atoms with Crippen molar-refractivity contribution in [1.29, 1.82) is 0 Å². The third-order valence-electron chi connectivity index (χ3n) is 1.42. The van der Waals surface area contributed by atoms with Crippen LogP contribution in [0.15, 0.2) is 24.3 Å². The summed E-state index contributed by atoms with van der Waals surface area (Å²) in [5.41, 5.74) is 0.202. The zero-order chi connectivity index (χ0) is 9.68. The molecule has 70 valence electrons. The Labute approximate surface area is 75.7 Å². The molecule has 1 N–H and O–H groups in total. The number of benzene rings is 1. The van der Waals surface area contributed by atoms with Crippen molar-refractivity contribution in [1.82, 2.24) is 0 Å². The molecule has 0 aliphatic carbocycles. The van der Waals surface area contributed by atoms with Gasteiger partial charge in [0.05, 0.1) is 5.56 Å². The van der Waals surface area contributed by atoms with Gasteiger partial charge in [0.15, 0.2) is 6.79 Å². The van der Waals surface area contributed by atoms with Crippen LogP contribution in [-0.4, -0.2) is 25.0 Å². The van der Waals surface area contributed by atoms with Gasteiger partial charge in [0.1, 0.15) is 5.75 Å². The van der Waals surface area contributed by atoms with Crippen molar-refractivity contribution in [2.24, 2.45) is 0 Å². The van der Waals surface area contributed by atoms with Crippen LogP contribution in [0.4, 0.5) is 0 Å². The first-order chi connectivity index (χ1) is 6.24. The van der Waals surface area contributed by atoms with Gasteiger partial charge < -0.3 is 14.6 Å². The molecule has 1 aromatic rings. The van der Waals surface area contributed by atoms with E-state index in [2.05, 4.69) is 4.74 Å². The van der Waals surface area contributed by atoms with Crippen molar-refractivity contribution in [2.45, 2.75) is 0 Å². The molecule has 0 aliphatic rings. The van der Waals surface area contributed by atoms with E-state index in [1.54, 1.807) is 12.1 Å². The quantitative estimate of drug-likeness (QED) is 0.714. The Kier molecular flexibility index (Phi) is 3.28. The minimum atomic E-state index is -0.970. The Morgan fingerprint density at radius 3 is 2.92 bits per heavy atom. The van der Waals surface area contributed by atoms with Crippen LogP contribution in [0.25, 0.3) is 0 Å². The highest BCUT2D eigenvalue weighted by atomic mass is 16.7. The first-order valence-corrected chi connectivity index (χ1v) is 3.69. The summed E-state index contributed by atoms with van der Waals surface area (Å²) in [5, 5.41) is 8.65. The number of carboxylic acids is 1. The summed E-state index contributed by atoms with van der Waals surface area (Å²) in [6, 6.07) is 6.24. The van der Waals surface area contributed by atoms with Crippen LogP contribution in [0.5, 0.6) is 5.75 Å². The number of rotatable bonds is 4. The van der Waals surface area contributed by atoms with Crippen LogP contribution < -0.4 is 4.74 Å². The Morgan fingerprint density at radius 2 is 2.31 bits per heavy atom. The molecular weight excluding hydrogens is 172 g/mol. The Hall–Kier alpha value is -1.55. The highest BCUT2D eigenvalue weighted by Crippen LogP contribution is 2.12. The van der Waals surface area contributed by atoms with E-state index in [-0.39, 0.29) is 12.4 Å². The third-order valence-corrected chi connectivity index (χ3v) is 1.42. The number of methoxy groups -OCH3 is 1. The average Bonchev–Trinajstić information content (AvgIpc) is 2.15. The fourth-order valence-electron chi connectivity index (χ4n) is 0.846. The van der Waals surface area contributed by atoms with Crippen LogP contribution in [0, 0.1) is 0 Å². The van der Waals surface area contributed by atoms with Gasteiger partial charge in [-0.1, -0.05) is 6.07 Å². The van der Waals surface area contributed by atoms with Crippen molar-refractivity contribution in [2.75, 3.05) is 13.9 Å². The molecule has 0 amide bonds. The van der Waals surface area contributed by atoms with Gasteiger partial charge in [0, 0.05) is 7.11 Å². The molecule has 0 atom stereocenters. The normalized spacial score (nSPS) is 9.62. The third kappa shape index (κ3) is 2.76. The second kappa shape index (κ2) is 4.47. The maximum absolute atomic E-state index is 10.5. The minimum absolute atomic E-state index is 0.114. The highest BCUT2D eigenvalue weighted by molar-refractivity contribution is 5.87. The summed E-state index contributed by atoms with van der Waals surface area (Å²) in [7, 11) is 1.50. The second-order valence-corrected chi connectivity index (χ2v) is 2.38. The largest absolute Gasteiger partial charge is 0.478 e. The Balaban J connectivity index is 2.73. The summed E-state index contributed by atoms with van der Waals surface area (Å²) in [5.74, 6) is -0.482. The molecule has 4 nitrogen and oxygen atoms in total. The van der Waals surface area contributed by atoms with Gasteiger partial charge in [-0.05, 0) is 18.2 Å². The van der Waals surface area contributed by atoms with Gasteiger partial charge >= 0.3 is 5.97 Å². The van der Waals surface area contributed by atoms with Gasteiger partial charge in [-0.25, -0.2) is 4.79 Å². The van der Waals surface area contributed by atoms with E-state index >= 15 is 0 Å². The molecule has 1 aromatic carbocycles. The molecule has 0 fully saturated rings. The number of ether oxygens (including phenoxy) is 2. The monoisotopic (exact) mass is 182 g/mol. The van der Waals surface area contributed by atoms with E-state index in [0.29, 0.717) is 5.75 Å². The number of hydrogen-bond donors (Lipinski definition) is 1. The molecular formula is C9H10O4. The maximum Gasteiger partial charge on any atom is 0.335 e. The zero-order valence-corrected chi connectivity index (χ0v) is 7.19. The number of carbonyl (C=O) groups is 1. The molecule has 0 spiro atoms. The van der Waals surface area contributed by atoms with E-state index in [4.69, 9.17) is 9.84 Å². The molecule has 0 heterocycles. The molecule has 4 heteroatoms. The van der Waals surface area contributed by atoms with Crippen molar-refractivity contribution < 1.29 is 19.4 Å². The van der Waals surface area contributed by atoms with Crippen LogP contribution in [0.2, 0.25) is 0 Å². The predicted molar refractivity (Wildman–Crippen MR) is 45.9 cm³/mol. The minimum Gasteiger partial charge on any atom is -0.478 e. The average molecular weight is 182 g/mol. The van der Waals surface area contributed by atoms with Crippen molar-refractivity contribution in [3.63, 3.8) is 0 Å². The zero-order valence-electron chi connectivity index (χ0n) is 7.19. The SMILES string of the molecule is COCOc1cccc(C(=O)O)c1. The summed E-state index contributed by atoms with van der Waals surface area (Å²) >= 11 is 0. The molecule has 0 radical (unpaired) electrons. The van der Waals surface area contributed by atoms with Gasteiger partial charge in [-0.2, -0.15) is 0 Å². The first-order valence-electron chi connectivity index (χ1n) is 3.69.